The van der Waals surface area contributed by atoms with Gasteiger partial charge in [-0.1, -0.05) is 5.16 Å². The van der Waals surface area contributed by atoms with E-state index in [9.17, 15) is 0 Å². The van der Waals surface area contributed by atoms with Crippen LogP contribution in [0.1, 0.15) is 23.3 Å². The van der Waals surface area contributed by atoms with Gasteiger partial charge in [0.2, 0.25) is 5.89 Å². The lowest BCUT2D eigenvalue weighted by Gasteiger charge is -2.14. The highest BCUT2D eigenvalue weighted by molar-refractivity contribution is 5.21. The number of aryl methyl sites for hydroxylation is 1. The summed E-state index contributed by atoms with van der Waals surface area (Å²) in [5, 5.41) is 15.9. The molecule has 2 aromatic heterocycles. The summed E-state index contributed by atoms with van der Waals surface area (Å²) in [5.74, 6) is 1.08. The van der Waals surface area contributed by atoms with Crippen molar-refractivity contribution in [2.75, 3.05) is 13.2 Å². The topological polar surface area (TPSA) is 84.1 Å². The molecule has 2 rings (SSSR count). The summed E-state index contributed by atoms with van der Waals surface area (Å²) < 4.78 is 4.97. The Morgan fingerprint density at radius 1 is 1.41 bits per heavy atom. The number of rotatable bonds is 5. The Morgan fingerprint density at radius 2 is 2.18 bits per heavy atom. The largest absolute Gasteiger partial charge is 0.395 e. The lowest BCUT2D eigenvalue weighted by molar-refractivity contribution is 0.286. The van der Waals surface area contributed by atoms with E-state index in [0.717, 1.165) is 5.56 Å². The van der Waals surface area contributed by atoms with E-state index >= 15 is 0 Å². The van der Waals surface area contributed by atoms with Gasteiger partial charge in [-0.2, -0.15) is 4.98 Å². The number of hydrogen-bond donors (Lipinski definition) is 2. The standard InChI is InChI=1S/C11H14N4O2/c1-8-14-11(15-17-8)10(13-6-7-16)9-2-4-12-5-3-9/h2-5,10,13,16H,6-7H2,1H3. The Labute approximate surface area is 98.7 Å². The quantitative estimate of drug-likeness (QED) is 0.781. The fourth-order valence-corrected chi connectivity index (χ4v) is 1.56. The molecule has 2 aromatic rings. The van der Waals surface area contributed by atoms with Crippen LogP contribution < -0.4 is 5.32 Å². The molecule has 0 aliphatic rings. The first kappa shape index (κ1) is 11.7. The van der Waals surface area contributed by atoms with Crippen molar-refractivity contribution in [3.8, 4) is 0 Å². The van der Waals surface area contributed by atoms with Crippen LogP contribution in [0.25, 0.3) is 0 Å². The molecule has 1 unspecified atom stereocenters. The van der Waals surface area contributed by atoms with Crippen LogP contribution >= 0.6 is 0 Å². The molecular weight excluding hydrogens is 220 g/mol. The number of aliphatic hydroxyl groups is 1. The molecule has 0 fully saturated rings. The zero-order valence-electron chi connectivity index (χ0n) is 9.50. The molecule has 0 saturated heterocycles. The van der Waals surface area contributed by atoms with Crippen molar-refractivity contribution in [1.29, 1.82) is 0 Å². The molecule has 0 aliphatic carbocycles. The van der Waals surface area contributed by atoms with E-state index in [2.05, 4.69) is 20.4 Å². The first-order valence-electron chi connectivity index (χ1n) is 5.35. The maximum Gasteiger partial charge on any atom is 0.223 e. The second-order valence-electron chi connectivity index (χ2n) is 3.56. The summed E-state index contributed by atoms with van der Waals surface area (Å²) >= 11 is 0. The first-order chi connectivity index (χ1) is 8.31. The number of aromatic nitrogens is 3. The average molecular weight is 234 g/mol. The van der Waals surface area contributed by atoms with Crippen LogP contribution in [-0.2, 0) is 0 Å². The maximum absolute atomic E-state index is 8.88. The van der Waals surface area contributed by atoms with Crippen molar-refractivity contribution >= 4 is 0 Å². The fourth-order valence-electron chi connectivity index (χ4n) is 1.56. The minimum absolute atomic E-state index is 0.0540. The molecule has 0 radical (unpaired) electrons. The molecule has 0 bridgehead atoms. The highest BCUT2D eigenvalue weighted by Crippen LogP contribution is 2.18. The summed E-state index contributed by atoms with van der Waals surface area (Å²) in [7, 11) is 0. The van der Waals surface area contributed by atoms with Gasteiger partial charge in [-0.25, -0.2) is 0 Å². The Morgan fingerprint density at radius 3 is 2.76 bits per heavy atom. The third kappa shape index (κ3) is 2.86. The van der Waals surface area contributed by atoms with E-state index in [1.165, 1.54) is 0 Å². The van der Waals surface area contributed by atoms with Gasteiger partial charge in [-0.3, -0.25) is 4.98 Å². The van der Waals surface area contributed by atoms with Crippen LogP contribution in [-0.4, -0.2) is 33.4 Å². The SMILES string of the molecule is Cc1nc(C(NCCO)c2ccncc2)no1. The summed E-state index contributed by atoms with van der Waals surface area (Å²) in [5.41, 5.74) is 0.981. The molecule has 0 amide bonds. The number of hydrogen-bond acceptors (Lipinski definition) is 6. The van der Waals surface area contributed by atoms with Crippen molar-refractivity contribution < 1.29 is 9.63 Å². The van der Waals surface area contributed by atoms with Crippen LogP contribution in [0.15, 0.2) is 29.0 Å². The highest BCUT2D eigenvalue weighted by Gasteiger charge is 2.18. The van der Waals surface area contributed by atoms with Crippen molar-refractivity contribution in [2.24, 2.45) is 0 Å². The monoisotopic (exact) mass is 234 g/mol. The Hall–Kier alpha value is -1.79. The number of nitrogens with one attached hydrogen (secondary N) is 1. The number of pyridine rings is 1. The van der Waals surface area contributed by atoms with E-state index in [-0.39, 0.29) is 12.6 Å². The predicted octanol–water partition coefficient (Wildman–Crippen LogP) is 0.444. The van der Waals surface area contributed by atoms with E-state index in [4.69, 9.17) is 9.63 Å². The third-order valence-corrected chi connectivity index (χ3v) is 2.30. The molecule has 1 atom stereocenters. The summed E-state index contributed by atoms with van der Waals surface area (Å²) in [6, 6.07) is 3.56. The fraction of sp³-hybridized carbons (Fsp3) is 0.364. The molecule has 6 nitrogen and oxygen atoms in total. The summed E-state index contributed by atoms with van der Waals surface area (Å²) in [6.07, 6.45) is 3.41. The van der Waals surface area contributed by atoms with Crippen LogP contribution in [0, 0.1) is 6.92 Å². The molecule has 6 heteroatoms. The molecule has 2 heterocycles. The number of aliphatic hydroxyl groups excluding tert-OH is 1. The number of nitrogens with zero attached hydrogens (tertiary/aromatic N) is 3. The summed E-state index contributed by atoms with van der Waals surface area (Å²) in [4.78, 5) is 8.16. The minimum Gasteiger partial charge on any atom is -0.395 e. The van der Waals surface area contributed by atoms with Gasteiger partial charge in [0.25, 0.3) is 0 Å². The molecule has 2 N–H and O–H groups in total. The molecule has 17 heavy (non-hydrogen) atoms. The van der Waals surface area contributed by atoms with Crippen molar-refractivity contribution in [3.05, 3.63) is 41.8 Å². The Balaban J connectivity index is 2.25. The van der Waals surface area contributed by atoms with Crippen LogP contribution in [0.5, 0.6) is 0 Å². The van der Waals surface area contributed by atoms with Gasteiger partial charge in [0.15, 0.2) is 5.82 Å². The smallest absolute Gasteiger partial charge is 0.223 e. The Bertz CT molecular complexity index is 458. The van der Waals surface area contributed by atoms with Crippen molar-refractivity contribution in [3.63, 3.8) is 0 Å². The second-order valence-corrected chi connectivity index (χ2v) is 3.56. The van der Waals surface area contributed by atoms with Crippen molar-refractivity contribution in [2.45, 2.75) is 13.0 Å². The van der Waals surface area contributed by atoms with Gasteiger partial charge in [0.05, 0.1) is 12.6 Å². The lowest BCUT2D eigenvalue weighted by Crippen LogP contribution is -2.26. The van der Waals surface area contributed by atoms with E-state index in [1.807, 2.05) is 12.1 Å². The Kier molecular flexibility index (Phi) is 3.79. The summed E-state index contributed by atoms with van der Waals surface area (Å²) in [6.45, 7) is 2.26. The van der Waals surface area contributed by atoms with Gasteiger partial charge >= 0.3 is 0 Å². The van der Waals surface area contributed by atoms with E-state index in [0.29, 0.717) is 18.3 Å². The molecule has 90 valence electrons. The van der Waals surface area contributed by atoms with E-state index in [1.54, 1.807) is 19.3 Å². The van der Waals surface area contributed by atoms with Gasteiger partial charge in [0, 0.05) is 25.9 Å². The normalized spacial score (nSPS) is 12.6. The van der Waals surface area contributed by atoms with Crippen molar-refractivity contribution in [1.82, 2.24) is 20.4 Å². The molecular formula is C11H14N4O2. The van der Waals surface area contributed by atoms with E-state index < -0.39 is 0 Å². The third-order valence-electron chi connectivity index (χ3n) is 2.30. The molecule has 0 aromatic carbocycles. The zero-order chi connectivity index (χ0) is 12.1. The average Bonchev–Trinajstić information content (AvgIpc) is 2.78. The van der Waals surface area contributed by atoms with Gasteiger partial charge < -0.3 is 14.9 Å². The molecule has 0 spiro atoms. The molecule has 0 saturated carbocycles. The van der Waals surface area contributed by atoms with Gasteiger partial charge in [-0.05, 0) is 17.7 Å². The maximum atomic E-state index is 8.88. The second kappa shape index (κ2) is 5.51. The van der Waals surface area contributed by atoms with Crippen LogP contribution in [0.3, 0.4) is 0 Å². The highest BCUT2D eigenvalue weighted by atomic mass is 16.5. The minimum atomic E-state index is -0.192. The zero-order valence-corrected chi connectivity index (χ0v) is 9.50. The lowest BCUT2D eigenvalue weighted by atomic mass is 10.1. The van der Waals surface area contributed by atoms with Gasteiger partial charge in [-0.15, -0.1) is 0 Å². The first-order valence-corrected chi connectivity index (χ1v) is 5.35. The van der Waals surface area contributed by atoms with Crippen LogP contribution in [0.2, 0.25) is 0 Å². The van der Waals surface area contributed by atoms with Crippen LogP contribution in [0.4, 0.5) is 0 Å². The van der Waals surface area contributed by atoms with Gasteiger partial charge in [0.1, 0.15) is 0 Å². The predicted molar refractivity (Wildman–Crippen MR) is 60.2 cm³/mol. The molecule has 0 aliphatic heterocycles.